The zero-order valence-corrected chi connectivity index (χ0v) is 24.0. The molecule has 0 fully saturated rings. The van der Waals surface area contributed by atoms with Gasteiger partial charge in [0.25, 0.3) is 0 Å². The lowest BCUT2D eigenvalue weighted by Gasteiger charge is -2.17. The second-order valence-electron chi connectivity index (χ2n) is 10.3. The summed E-state index contributed by atoms with van der Waals surface area (Å²) in [6.07, 6.45) is 0. The number of rotatable bonds is 10. The largest absolute Gasteiger partial charge is 0.494 e. The molecule has 206 valence electrons. The van der Waals surface area contributed by atoms with Gasteiger partial charge >= 0.3 is 5.97 Å². The van der Waals surface area contributed by atoms with Gasteiger partial charge in [-0.05, 0) is 104 Å². The number of esters is 1. The Hall–Kier alpha value is -4.38. The fraction of sp³-hybridized carbons (Fsp3) is 0.257. The van der Waals surface area contributed by atoms with Gasteiger partial charge in [-0.15, -0.1) is 0 Å². The Balaban J connectivity index is 1.39. The van der Waals surface area contributed by atoms with Crippen LogP contribution in [0.2, 0.25) is 0 Å². The first-order chi connectivity index (χ1) is 19.2. The molecule has 0 radical (unpaired) electrons. The smallest absolute Gasteiger partial charge is 0.343 e. The maximum Gasteiger partial charge on any atom is 0.343 e. The summed E-state index contributed by atoms with van der Waals surface area (Å²) in [5.74, 6) is 2.41. The van der Waals surface area contributed by atoms with Gasteiger partial charge in [-0.25, -0.2) is 4.79 Å². The van der Waals surface area contributed by atoms with E-state index in [2.05, 4.69) is 32.0 Å². The molecule has 0 spiro atoms. The van der Waals surface area contributed by atoms with Gasteiger partial charge in [0.05, 0.1) is 12.2 Å². The average Bonchev–Trinajstić information content (AvgIpc) is 2.95. The number of ketones is 1. The molecule has 1 atom stereocenters. The van der Waals surface area contributed by atoms with Crippen molar-refractivity contribution in [3.05, 3.63) is 118 Å². The fourth-order valence-corrected chi connectivity index (χ4v) is 4.48. The molecule has 0 aliphatic carbocycles. The second-order valence-corrected chi connectivity index (χ2v) is 10.3. The lowest BCUT2D eigenvalue weighted by Crippen LogP contribution is -2.09. The summed E-state index contributed by atoms with van der Waals surface area (Å²) < 4.78 is 17.3. The minimum Gasteiger partial charge on any atom is -0.494 e. The highest BCUT2D eigenvalue weighted by atomic mass is 16.5. The van der Waals surface area contributed by atoms with Gasteiger partial charge in [-0.3, -0.25) is 4.79 Å². The summed E-state index contributed by atoms with van der Waals surface area (Å²) in [6, 6.07) is 26.1. The number of carbonyl (C=O) groups is 2. The predicted molar refractivity (Wildman–Crippen MR) is 158 cm³/mol. The maximum atomic E-state index is 12.8. The highest BCUT2D eigenvalue weighted by Gasteiger charge is 2.15. The van der Waals surface area contributed by atoms with Crippen LogP contribution in [0.15, 0.2) is 84.9 Å². The quantitative estimate of drug-likeness (QED) is 0.115. The van der Waals surface area contributed by atoms with Crippen LogP contribution < -0.4 is 14.2 Å². The molecule has 5 heteroatoms. The first-order valence-corrected chi connectivity index (χ1v) is 13.6. The van der Waals surface area contributed by atoms with Gasteiger partial charge in [0.1, 0.15) is 23.0 Å². The van der Waals surface area contributed by atoms with Gasteiger partial charge in [-0.2, -0.15) is 0 Å². The van der Waals surface area contributed by atoms with Crippen molar-refractivity contribution >= 4 is 11.8 Å². The molecule has 4 rings (SSSR count). The Kier molecular flexibility index (Phi) is 9.05. The highest BCUT2D eigenvalue weighted by Crippen LogP contribution is 2.31. The molecule has 0 aliphatic rings. The zero-order valence-electron chi connectivity index (χ0n) is 24.0. The van der Waals surface area contributed by atoms with Gasteiger partial charge in [-0.1, -0.05) is 45.0 Å². The van der Waals surface area contributed by atoms with Crippen molar-refractivity contribution in [3.8, 4) is 23.0 Å². The maximum absolute atomic E-state index is 12.8. The third-order valence-electron chi connectivity index (χ3n) is 6.89. The van der Waals surface area contributed by atoms with E-state index in [1.54, 1.807) is 48.5 Å². The third-order valence-corrected chi connectivity index (χ3v) is 6.89. The number of ether oxygens (including phenoxy) is 3. The second kappa shape index (κ2) is 12.6. The fourth-order valence-electron chi connectivity index (χ4n) is 4.48. The SMILES string of the molecule is CCOc1ccc(C(C)c2ccc(OC(=O)c3ccc(Oc4ccc(C(=O)C(C)C)cc4)cc3)c(C)c2)cc1C. The van der Waals surface area contributed by atoms with Crippen LogP contribution in [0.1, 0.15) is 76.6 Å². The van der Waals surface area contributed by atoms with E-state index in [4.69, 9.17) is 14.2 Å². The number of hydrogen-bond acceptors (Lipinski definition) is 5. The van der Waals surface area contributed by atoms with E-state index in [-0.39, 0.29) is 17.6 Å². The highest BCUT2D eigenvalue weighted by molar-refractivity contribution is 5.97. The monoisotopic (exact) mass is 536 g/mol. The van der Waals surface area contributed by atoms with Crippen molar-refractivity contribution in [1.29, 1.82) is 0 Å². The van der Waals surface area contributed by atoms with Crippen LogP contribution in [0, 0.1) is 19.8 Å². The van der Waals surface area contributed by atoms with Gasteiger partial charge in [0.15, 0.2) is 5.78 Å². The van der Waals surface area contributed by atoms with Crippen LogP contribution in [0.4, 0.5) is 0 Å². The van der Waals surface area contributed by atoms with Crippen molar-refractivity contribution in [1.82, 2.24) is 0 Å². The molecule has 4 aromatic carbocycles. The molecule has 4 aromatic rings. The van der Waals surface area contributed by atoms with Crippen molar-refractivity contribution in [3.63, 3.8) is 0 Å². The molecule has 40 heavy (non-hydrogen) atoms. The van der Waals surface area contributed by atoms with E-state index in [0.29, 0.717) is 35.0 Å². The first-order valence-electron chi connectivity index (χ1n) is 13.6. The molecule has 1 unspecified atom stereocenters. The molecule has 0 saturated heterocycles. The van der Waals surface area contributed by atoms with Gasteiger partial charge in [0, 0.05) is 17.4 Å². The molecule has 0 heterocycles. The molecular weight excluding hydrogens is 500 g/mol. The van der Waals surface area contributed by atoms with E-state index < -0.39 is 5.97 Å². The van der Waals surface area contributed by atoms with Crippen LogP contribution in [0.25, 0.3) is 0 Å². The van der Waals surface area contributed by atoms with E-state index >= 15 is 0 Å². The summed E-state index contributed by atoms with van der Waals surface area (Å²) in [5.41, 5.74) is 5.42. The lowest BCUT2D eigenvalue weighted by molar-refractivity contribution is 0.0733. The van der Waals surface area contributed by atoms with Crippen LogP contribution in [0.3, 0.4) is 0 Å². The molecule has 5 nitrogen and oxygen atoms in total. The summed E-state index contributed by atoms with van der Waals surface area (Å²) in [7, 11) is 0. The molecule has 0 aromatic heterocycles. The minimum absolute atomic E-state index is 0.0576. The molecular formula is C35H36O5. The van der Waals surface area contributed by atoms with E-state index in [9.17, 15) is 9.59 Å². The van der Waals surface area contributed by atoms with Gasteiger partial charge < -0.3 is 14.2 Å². The van der Waals surface area contributed by atoms with Crippen LogP contribution in [0.5, 0.6) is 23.0 Å². The van der Waals surface area contributed by atoms with E-state index in [1.807, 2.05) is 45.9 Å². The summed E-state index contributed by atoms with van der Waals surface area (Å²) in [4.78, 5) is 25.0. The summed E-state index contributed by atoms with van der Waals surface area (Å²) in [6.45, 7) is 12.5. The number of benzene rings is 4. The zero-order chi connectivity index (χ0) is 28.8. The Morgan fingerprint density at radius 2 is 1.18 bits per heavy atom. The predicted octanol–water partition coefficient (Wildman–Crippen LogP) is 8.70. The molecule has 0 amide bonds. The molecule has 0 saturated carbocycles. The Bertz CT molecular complexity index is 1480. The van der Waals surface area contributed by atoms with Crippen LogP contribution in [-0.4, -0.2) is 18.4 Å². The van der Waals surface area contributed by atoms with Crippen molar-refractivity contribution in [2.75, 3.05) is 6.61 Å². The Morgan fingerprint density at radius 1 is 0.675 bits per heavy atom. The number of Topliss-reactive ketones (excluding diaryl/α,β-unsaturated/α-hetero) is 1. The van der Waals surface area contributed by atoms with Crippen molar-refractivity contribution in [2.45, 2.75) is 47.5 Å². The topological polar surface area (TPSA) is 61.8 Å². The average molecular weight is 537 g/mol. The molecule has 0 bridgehead atoms. The summed E-state index contributed by atoms with van der Waals surface area (Å²) in [5, 5.41) is 0. The van der Waals surface area contributed by atoms with Crippen LogP contribution >= 0.6 is 0 Å². The molecule has 0 N–H and O–H groups in total. The minimum atomic E-state index is -0.436. The lowest BCUT2D eigenvalue weighted by atomic mass is 9.91. The van der Waals surface area contributed by atoms with Crippen molar-refractivity contribution < 1.29 is 23.8 Å². The Morgan fingerprint density at radius 3 is 1.65 bits per heavy atom. The van der Waals surface area contributed by atoms with E-state index in [0.717, 1.165) is 22.4 Å². The number of aryl methyl sites for hydroxylation is 2. The number of carbonyl (C=O) groups excluding carboxylic acids is 2. The number of hydrogen-bond donors (Lipinski definition) is 0. The summed E-state index contributed by atoms with van der Waals surface area (Å²) >= 11 is 0. The Labute approximate surface area is 236 Å². The van der Waals surface area contributed by atoms with E-state index in [1.165, 1.54) is 5.56 Å². The van der Waals surface area contributed by atoms with Crippen molar-refractivity contribution in [2.24, 2.45) is 5.92 Å². The van der Waals surface area contributed by atoms with Crippen LogP contribution in [-0.2, 0) is 0 Å². The molecule has 0 aliphatic heterocycles. The third kappa shape index (κ3) is 6.78. The first kappa shape index (κ1) is 28.6. The van der Waals surface area contributed by atoms with Gasteiger partial charge in [0.2, 0.25) is 0 Å². The normalized spacial score (nSPS) is 11.7. The standard InChI is InChI=1S/C35H36O5/c1-7-38-32-18-12-28(20-23(32)4)25(6)29-13-19-33(24(5)21-29)40-35(37)27-10-16-31(17-11-27)39-30-14-8-26(9-15-30)34(36)22(2)3/h8-22,25H,7H2,1-6H3.